The van der Waals surface area contributed by atoms with Crippen molar-refractivity contribution in [2.45, 2.75) is 26.0 Å². The molecule has 5 heteroatoms. The van der Waals surface area contributed by atoms with Crippen LogP contribution >= 0.6 is 0 Å². The molecule has 4 nitrogen and oxygen atoms in total. The topological polar surface area (TPSA) is 55.4 Å². The second kappa shape index (κ2) is 4.93. The molecule has 0 aromatic heterocycles. The molecule has 0 aliphatic heterocycles. The van der Waals surface area contributed by atoms with Crippen molar-refractivity contribution in [2.75, 3.05) is 7.05 Å². The second-order valence-electron chi connectivity index (χ2n) is 2.49. The summed E-state index contributed by atoms with van der Waals surface area (Å²) in [6.07, 6.45) is -0.867. The average molecular weight is 169 g/mol. The van der Waals surface area contributed by atoms with Gasteiger partial charge in [0.2, 0.25) is 0 Å². The number of esters is 1. The van der Waals surface area contributed by atoms with Gasteiger partial charge in [-0.3, -0.25) is 4.79 Å². The summed E-state index contributed by atoms with van der Waals surface area (Å²) < 4.78 is 4.69. The number of carbonyl (C=O) groups is 2. The zero-order chi connectivity index (χ0) is 9.72. The van der Waals surface area contributed by atoms with E-state index in [9.17, 15) is 9.59 Å². The van der Waals surface area contributed by atoms with Gasteiger partial charge in [0.05, 0.1) is 0 Å². The van der Waals surface area contributed by atoms with Crippen LogP contribution in [0.3, 0.4) is 0 Å². The minimum Gasteiger partial charge on any atom is -0.455 e. The molecule has 0 aliphatic carbocycles. The number of hydrogen-bond donors (Lipinski definition) is 1. The summed E-state index contributed by atoms with van der Waals surface area (Å²) in [5, 5.41) is 2.68. The minimum absolute atomic E-state index is 0.424. The van der Waals surface area contributed by atoms with E-state index in [0.717, 1.165) is 0 Å². The summed E-state index contributed by atoms with van der Waals surface area (Å²) in [6.45, 7) is 3.07. The highest BCUT2D eigenvalue weighted by molar-refractivity contribution is 6.58. The van der Waals surface area contributed by atoms with Crippen LogP contribution in [0.25, 0.3) is 0 Å². The zero-order valence-corrected chi connectivity index (χ0v) is 7.46. The molecule has 2 atom stereocenters. The van der Waals surface area contributed by atoms with Gasteiger partial charge >= 0.3 is 5.97 Å². The van der Waals surface area contributed by atoms with Crippen molar-refractivity contribution < 1.29 is 14.3 Å². The lowest BCUT2D eigenvalue weighted by atomic mass is 9.98. The van der Waals surface area contributed by atoms with E-state index in [-0.39, 0.29) is 0 Å². The molecule has 0 amide bonds. The largest absolute Gasteiger partial charge is 0.455 e. The molecule has 0 aromatic carbocycles. The molecule has 0 rings (SSSR count). The van der Waals surface area contributed by atoms with Crippen molar-refractivity contribution in [3.8, 4) is 0 Å². The molecule has 0 saturated carbocycles. The standard InChI is InChI=1S/C7H12BNO3/c1-4(9-3)7(11)12-5(2)6(8)10/h4-5,9H,1-3H3. The fourth-order valence-electron chi connectivity index (χ4n) is 0.452. The normalized spacial score (nSPS) is 14.9. The Labute approximate surface area is 73.1 Å². The molecule has 0 spiro atoms. The van der Waals surface area contributed by atoms with Gasteiger partial charge in [-0.25, -0.2) is 0 Å². The number of hydrogen-bond acceptors (Lipinski definition) is 4. The van der Waals surface area contributed by atoms with Gasteiger partial charge in [-0.1, -0.05) is 0 Å². The quantitative estimate of drug-likeness (QED) is 0.443. The first-order valence-corrected chi connectivity index (χ1v) is 3.66. The Morgan fingerprint density at radius 3 is 2.25 bits per heavy atom. The molecule has 1 N–H and O–H groups in total. The van der Waals surface area contributed by atoms with E-state index in [0.29, 0.717) is 0 Å². The first-order valence-electron chi connectivity index (χ1n) is 3.66. The lowest BCUT2D eigenvalue weighted by molar-refractivity contribution is -0.153. The van der Waals surface area contributed by atoms with Gasteiger partial charge in [0.25, 0.3) is 0 Å². The van der Waals surface area contributed by atoms with Crippen molar-refractivity contribution >= 4 is 19.5 Å². The molecule has 0 heterocycles. The Kier molecular flexibility index (Phi) is 4.58. The maximum atomic E-state index is 11.0. The van der Waals surface area contributed by atoms with E-state index in [2.05, 4.69) is 10.1 Å². The Hall–Kier alpha value is -0.835. The molecule has 66 valence electrons. The third kappa shape index (κ3) is 3.53. The minimum atomic E-state index is -0.867. The molecule has 2 unspecified atom stereocenters. The van der Waals surface area contributed by atoms with Gasteiger partial charge in [0.15, 0.2) is 7.85 Å². The van der Waals surface area contributed by atoms with Crippen LogP contribution in [0, 0.1) is 0 Å². The Balaban J connectivity index is 3.92. The maximum absolute atomic E-state index is 11.0. The van der Waals surface area contributed by atoms with E-state index in [1.54, 1.807) is 14.0 Å². The molecule has 0 aliphatic rings. The number of rotatable bonds is 4. The summed E-state index contributed by atoms with van der Waals surface area (Å²) in [4.78, 5) is 21.5. The van der Waals surface area contributed by atoms with Crippen molar-refractivity contribution in [2.24, 2.45) is 0 Å². The van der Waals surface area contributed by atoms with E-state index < -0.39 is 23.8 Å². The van der Waals surface area contributed by atoms with Crippen molar-refractivity contribution in [1.29, 1.82) is 0 Å². The second-order valence-corrected chi connectivity index (χ2v) is 2.49. The van der Waals surface area contributed by atoms with Gasteiger partial charge in [-0.2, -0.15) is 0 Å². The summed E-state index contributed by atoms with van der Waals surface area (Å²) >= 11 is 0. The average Bonchev–Trinajstić information content (AvgIpc) is 2.02. The van der Waals surface area contributed by atoms with Crippen molar-refractivity contribution in [1.82, 2.24) is 5.32 Å². The van der Waals surface area contributed by atoms with Crippen LogP contribution in [0.2, 0.25) is 0 Å². The number of carbonyl (C=O) groups excluding carboxylic acids is 2. The first kappa shape index (κ1) is 11.2. The van der Waals surface area contributed by atoms with Crippen LogP contribution in [-0.4, -0.2) is 38.7 Å². The molecule has 0 saturated heterocycles. The fraction of sp³-hybridized carbons (Fsp3) is 0.714. The smallest absolute Gasteiger partial charge is 0.323 e. The van der Waals surface area contributed by atoms with Crippen LogP contribution in [-0.2, 0) is 14.3 Å². The molecule has 0 bridgehead atoms. The van der Waals surface area contributed by atoms with Crippen LogP contribution in [0.4, 0.5) is 0 Å². The van der Waals surface area contributed by atoms with E-state index >= 15 is 0 Å². The molecule has 0 fully saturated rings. The van der Waals surface area contributed by atoms with Crippen LogP contribution in [0.5, 0.6) is 0 Å². The molecule has 0 aromatic rings. The van der Waals surface area contributed by atoms with Gasteiger partial charge in [-0.05, 0) is 20.9 Å². The summed E-state index contributed by atoms with van der Waals surface area (Å²) in [5.41, 5.74) is -0.647. The van der Waals surface area contributed by atoms with E-state index in [1.165, 1.54) is 6.92 Å². The highest BCUT2D eigenvalue weighted by Crippen LogP contribution is 1.94. The Morgan fingerprint density at radius 1 is 1.42 bits per heavy atom. The lowest BCUT2D eigenvalue weighted by Gasteiger charge is -2.13. The zero-order valence-electron chi connectivity index (χ0n) is 7.46. The van der Waals surface area contributed by atoms with Crippen LogP contribution in [0.15, 0.2) is 0 Å². The molecule has 12 heavy (non-hydrogen) atoms. The first-order chi connectivity index (χ1) is 5.49. The number of likely N-dealkylation sites (N-methyl/N-ethyl adjacent to an activating group) is 1. The summed E-state index contributed by atoms with van der Waals surface area (Å²) in [7, 11) is 6.52. The summed E-state index contributed by atoms with van der Waals surface area (Å²) in [6, 6.07) is -0.424. The van der Waals surface area contributed by atoms with Gasteiger partial charge in [0.1, 0.15) is 17.8 Å². The van der Waals surface area contributed by atoms with Crippen LogP contribution in [0.1, 0.15) is 13.8 Å². The van der Waals surface area contributed by atoms with Crippen molar-refractivity contribution in [3.05, 3.63) is 0 Å². The van der Waals surface area contributed by atoms with Gasteiger partial charge in [0, 0.05) is 0 Å². The maximum Gasteiger partial charge on any atom is 0.323 e. The third-order valence-corrected chi connectivity index (χ3v) is 1.48. The van der Waals surface area contributed by atoms with E-state index in [4.69, 9.17) is 7.85 Å². The van der Waals surface area contributed by atoms with E-state index in [1.807, 2.05) is 0 Å². The van der Waals surface area contributed by atoms with Gasteiger partial charge in [-0.15, -0.1) is 0 Å². The molecular formula is C7H12BNO3. The Bertz CT molecular complexity index is 183. The predicted octanol–water partition coefficient (Wildman–Crippen LogP) is -0.779. The number of nitrogens with one attached hydrogen (secondary N) is 1. The molecule has 2 radical (unpaired) electrons. The van der Waals surface area contributed by atoms with Crippen molar-refractivity contribution in [3.63, 3.8) is 0 Å². The number of ether oxygens (including phenoxy) is 1. The predicted molar refractivity (Wildman–Crippen MR) is 44.8 cm³/mol. The summed E-state index contributed by atoms with van der Waals surface area (Å²) in [5.74, 6) is -0.483. The SMILES string of the molecule is [B]C(=O)C(C)OC(=O)C(C)NC. The highest BCUT2D eigenvalue weighted by Gasteiger charge is 2.17. The molecular weight excluding hydrogens is 157 g/mol. The fourth-order valence-corrected chi connectivity index (χ4v) is 0.452. The van der Waals surface area contributed by atoms with Gasteiger partial charge < -0.3 is 14.8 Å². The van der Waals surface area contributed by atoms with Crippen LogP contribution < -0.4 is 5.32 Å². The monoisotopic (exact) mass is 169 g/mol. The third-order valence-electron chi connectivity index (χ3n) is 1.48. The highest BCUT2D eigenvalue weighted by atomic mass is 16.5. The Morgan fingerprint density at radius 2 is 1.92 bits per heavy atom. The lowest BCUT2D eigenvalue weighted by Crippen LogP contribution is -2.36.